The summed E-state index contributed by atoms with van der Waals surface area (Å²) in [5.41, 5.74) is 8.85. The zero-order valence-electron chi connectivity index (χ0n) is 11.5. The number of hydrogen-bond acceptors (Lipinski definition) is 3. The minimum Gasteiger partial charge on any atom is -0.497 e. The highest BCUT2D eigenvalue weighted by Crippen LogP contribution is 2.36. The Kier molecular flexibility index (Phi) is 4.01. The number of halogens is 1. The van der Waals surface area contributed by atoms with Crippen LogP contribution in [0.3, 0.4) is 0 Å². The normalized spacial score (nSPS) is 15.8. The van der Waals surface area contributed by atoms with Gasteiger partial charge in [0.2, 0.25) is 0 Å². The zero-order chi connectivity index (χ0) is 14.1. The molecule has 1 aliphatic rings. The van der Waals surface area contributed by atoms with Gasteiger partial charge in [-0.05, 0) is 55.0 Å². The van der Waals surface area contributed by atoms with Crippen molar-refractivity contribution >= 4 is 22.9 Å². The maximum absolute atomic E-state index is 6.41. The van der Waals surface area contributed by atoms with Gasteiger partial charge in [0.1, 0.15) is 5.75 Å². The van der Waals surface area contributed by atoms with Crippen LogP contribution in [0, 0.1) is 0 Å². The van der Waals surface area contributed by atoms with Gasteiger partial charge in [-0.15, -0.1) is 11.3 Å². The summed E-state index contributed by atoms with van der Waals surface area (Å²) in [5.74, 6) is 0.761. The van der Waals surface area contributed by atoms with E-state index in [-0.39, 0.29) is 6.04 Å². The molecule has 0 saturated heterocycles. The molecule has 1 heterocycles. The number of aryl methyl sites for hydroxylation is 2. The van der Waals surface area contributed by atoms with E-state index in [4.69, 9.17) is 22.1 Å². The fourth-order valence-electron chi connectivity index (χ4n) is 2.71. The summed E-state index contributed by atoms with van der Waals surface area (Å²) in [4.78, 5) is 2.72. The Morgan fingerprint density at radius 3 is 2.75 bits per heavy atom. The van der Waals surface area contributed by atoms with E-state index in [9.17, 15) is 0 Å². The standard InChI is InChI=1S/C16H18ClNOS/c1-19-11-6-7-12(13(17)9-11)16(18)15-8-10-4-2-3-5-14(10)20-15/h6-9,16H,2-5,18H2,1H3. The summed E-state index contributed by atoms with van der Waals surface area (Å²) in [6, 6.07) is 7.82. The first-order valence-corrected chi connectivity index (χ1v) is 8.09. The van der Waals surface area contributed by atoms with Gasteiger partial charge in [0.05, 0.1) is 13.2 Å². The molecule has 2 nitrogen and oxygen atoms in total. The lowest BCUT2D eigenvalue weighted by Crippen LogP contribution is -2.10. The van der Waals surface area contributed by atoms with Gasteiger partial charge in [-0.2, -0.15) is 0 Å². The van der Waals surface area contributed by atoms with E-state index < -0.39 is 0 Å². The first-order valence-electron chi connectivity index (χ1n) is 6.89. The molecular formula is C16H18ClNOS. The predicted octanol–water partition coefficient (Wildman–Crippen LogP) is 4.34. The Morgan fingerprint density at radius 2 is 2.05 bits per heavy atom. The smallest absolute Gasteiger partial charge is 0.120 e. The van der Waals surface area contributed by atoms with E-state index in [0.717, 1.165) is 11.3 Å². The highest BCUT2D eigenvalue weighted by Gasteiger charge is 2.19. The summed E-state index contributed by atoms with van der Waals surface area (Å²) in [5, 5.41) is 0.670. The van der Waals surface area contributed by atoms with Gasteiger partial charge in [-0.1, -0.05) is 17.7 Å². The molecule has 106 valence electrons. The summed E-state index contributed by atoms with van der Waals surface area (Å²) in [7, 11) is 1.64. The Morgan fingerprint density at radius 1 is 1.25 bits per heavy atom. The molecule has 0 fully saturated rings. The van der Waals surface area contributed by atoms with E-state index in [2.05, 4.69) is 6.07 Å². The molecular weight excluding hydrogens is 290 g/mol. The van der Waals surface area contributed by atoms with Crippen molar-refractivity contribution in [1.29, 1.82) is 0 Å². The van der Waals surface area contributed by atoms with Crippen molar-refractivity contribution in [3.63, 3.8) is 0 Å². The lowest BCUT2D eigenvalue weighted by atomic mass is 9.98. The molecule has 0 aliphatic heterocycles. The molecule has 1 aromatic heterocycles. The topological polar surface area (TPSA) is 35.2 Å². The molecule has 4 heteroatoms. The number of nitrogens with two attached hydrogens (primary N) is 1. The molecule has 3 rings (SSSR count). The lowest BCUT2D eigenvalue weighted by Gasteiger charge is -2.13. The Balaban J connectivity index is 1.92. The van der Waals surface area contributed by atoms with Crippen LogP contribution in [0.5, 0.6) is 5.75 Å². The summed E-state index contributed by atoms with van der Waals surface area (Å²) in [6.45, 7) is 0. The first kappa shape index (κ1) is 13.9. The van der Waals surface area contributed by atoms with Gasteiger partial charge in [0.15, 0.2) is 0 Å². The van der Waals surface area contributed by atoms with Gasteiger partial charge in [-0.3, -0.25) is 0 Å². The van der Waals surface area contributed by atoms with Crippen LogP contribution in [0.15, 0.2) is 24.3 Å². The van der Waals surface area contributed by atoms with Crippen molar-refractivity contribution in [3.05, 3.63) is 50.2 Å². The molecule has 1 unspecified atom stereocenters. The summed E-state index contributed by atoms with van der Waals surface area (Å²) in [6.07, 6.45) is 4.98. The molecule has 0 saturated carbocycles. The monoisotopic (exact) mass is 307 g/mol. The number of methoxy groups -OCH3 is 1. The van der Waals surface area contributed by atoms with Crippen LogP contribution in [0.25, 0.3) is 0 Å². The average Bonchev–Trinajstić information content (AvgIpc) is 2.90. The fourth-order valence-corrected chi connectivity index (χ4v) is 4.27. The minimum absolute atomic E-state index is 0.149. The van der Waals surface area contributed by atoms with Crippen LogP contribution in [0.2, 0.25) is 5.02 Å². The number of hydrogen-bond donors (Lipinski definition) is 1. The molecule has 0 radical (unpaired) electrons. The highest BCUT2D eigenvalue weighted by molar-refractivity contribution is 7.12. The third-order valence-electron chi connectivity index (χ3n) is 3.86. The maximum atomic E-state index is 6.41. The van der Waals surface area contributed by atoms with Crippen LogP contribution in [0.4, 0.5) is 0 Å². The van der Waals surface area contributed by atoms with Crippen molar-refractivity contribution in [2.75, 3.05) is 7.11 Å². The second-order valence-electron chi connectivity index (χ2n) is 5.17. The first-order chi connectivity index (χ1) is 9.69. The summed E-state index contributed by atoms with van der Waals surface area (Å²) < 4.78 is 5.18. The van der Waals surface area contributed by atoms with Crippen molar-refractivity contribution in [2.24, 2.45) is 5.73 Å². The van der Waals surface area contributed by atoms with Crippen molar-refractivity contribution in [3.8, 4) is 5.75 Å². The molecule has 0 spiro atoms. The van der Waals surface area contributed by atoms with Crippen LogP contribution in [-0.4, -0.2) is 7.11 Å². The minimum atomic E-state index is -0.149. The van der Waals surface area contributed by atoms with Gasteiger partial charge < -0.3 is 10.5 Å². The molecule has 2 N–H and O–H groups in total. The number of rotatable bonds is 3. The van der Waals surface area contributed by atoms with E-state index >= 15 is 0 Å². The largest absolute Gasteiger partial charge is 0.497 e. The van der Waals surface area contributed by atoms with Crippen LogP contribution >= 0.6 is 22.9 Å². The lowest BCUT2D eigenvalue weighted by molar-refractivity contribution is 0.414. The Labute approximate surface area is 128 Å². The van der Waals surface area contributed by atoms with Crippen LogP contribution in [0.1, 0.15) is 39.8 Å². The van der Waals surface area contributed by atoms with Gasteiger partial charge in [0, 0.05) is 14.8 Å². The molecule has 1 aromatic carbocycles. The third-order valence-corrected chi connectivity index (χ3v) is 5.51. The molecule has 0 amide bonds. The number of fused-ring (bicyclic) bond motifs is 1. The van der Waals surface area contributed by atoms with E-state index in [1.165, 1.54) is 41.0 Å². The predicted molar refractivity (Wildman–Crippen MR) is 85.0 cm³/mol. The van der Waals surface area contributed by atoms with E-state index in [1.54, 1.807) is 7.11 Å². The van der Waals surface area contributed by atoms with E-state index in [0.29, 0.717) is 5.02 Å². The SMILES string of the molecule is COc1ccc(C(N)c2cc3c(s2)CCCC3)c(Cl)c1. The van der Waals surface area contributed by atoms with E-state index in [1.807, 2.05) is 29.5 Å². The Hall–Kier alpha value is -1.03. The maximum Gasteiger partial charge on any atom is 0.120 e. The van der Waals surface area contributed by atoms with Crippen molar-refractivity contribution in [1.82, 2.24) is 0 Å². The van der Waals surface area contributed by atoms with Crippen LogP contribution < -0.4 is 10.5 Å². The fraction of sp³-hybridized carbons (Fsp3) is 0.375. The summed E-state index contributed by atoms with van der Waals surface area (Å²) >= 11 is 8.17. The second kappa shape index (κ2) is 5.76. The number of thiophene rings is 1. The Bertz CT molecular complexity index is 599. The average molecular weight is 308 g/mol. The number of ether oxygens (including phenoxy) is 1. The van der Waals surface area contributed by atoms with Gasteiger partial charge in [0.25, 0.3) is 0 Å². The molecule has 20 heavy (non-hydrogen) atoms. The highest BCUT2D eigenvalue weighted by atomic mass is 35.5. The molecule has 1 aliphatic carbocycles. The molecule has 0 bridgehead atoms. The molecule has 1 atom stereocenters. The van der Waals surface area contributed by atoms with Gasteiger partial charge >= 0.3 is 0 Å². The second-order valence-corrected chi connectivity index (χ2v) is 6.74. The number of benzene rings is 1. The van der Waals surface area contributed by atoms with Crippen molar-refractivity contribution in [2.45, 2.75) is 31.7 Å². The molecule has 2 aromatic rings. The zero-order valence-corrected chi connectivity index (χ0v) is 13.1. The quantitative estimate of drug-likeness (QED) is 0.915. The van der Waals surface area contributed by atoms with Crippen molar-refractivity contribution < 1.29 is 4.74 Å². The third kappa shape index (κ3) is 2.58. The van der Waals surface area contributed by atoms with Gasteiger partial charge in [-0.25, -0.2) is 0 Å². The van der Waals surface area contributed by atoms with Crippen LogP contribution in [-0.2, 0) is 12.8 Å².